The highest BCUT2D eigenvalue weighted by Gasteiger charge is 2.21. The largest absolute Gasteiger partial charge is 0.325 e. The molecule has 0 aliphatic carbocycles. The maximum atomic E-state index is 5.62. The topological polar surface area (TPSA) is 29.3 Å². The van der Waals surface area contributed by atoms with Gasteiger partial charge in [-0.2, -0.15) is 11.8 Å². The minimum absolute atomic E-state index is 0.464. The fourth-order valence-electron chi connectivity index (χ4n) is 1.13. The van der Waals surface area contributed by atoms with E-state index in [1.54, 1.807) is 0 Å². The van der Waals surface area contributed by atoms with Crippen LogP contribution in [0.15, 0.2) is 0 Å². The van der Waals surface area contributed by atoms with Crippen molar-refractivity contribution in [3.05, 3.63) is 0 Å². The Hall–Kier alpha value is 0.270. The average Bonchev–Trinajstić information content (AvgIpc) is 1.85. The summed E-state index contributed by atoms with van der Waals surface area (Å²) in [5, 5.41) is 0. The van der Waals surface area contributed by atoms with Crippen LogP contribution in [0.25, 0.3) is 0 Å². The molecule has 1 fully saturated rings. The minimum atomic E-state index is 0.464. The summed E-state index contributed by atoms with van der Waals surface area (Å²) in [7, 11) is 0. The van der Waals surface area contributed by atoms with Crippen molar-refractivity contribution in [3.8, 4) is 0 Å². The third kappa shape index (κ3) is 2.48. The van der Waals surface area contributed by atoms with Crippen LogP contribution in [0.5, 0.6) is 0 Å². The van der Waals surface area contributed by atoms with E-state index in [0.717, 1.165) is 13.1 Å². The molecule has 2 nitrogen and oxygen atoms in total. The van der Waals surface area contributed by atoms with Crippen molar-refractivity contribution >= 4 is 11.8 Å². The fraction of sp³-hybridized carbons (Fsp3) is 1.00. The molecule has 60 valence electrons. The van der Waals surface area contributed by atoms with E-state index in [4.69, 9.17) is 5.73 Å². The van der Waals surface area contributed by atoms with E-state index >= 15 is 0 Å². The molecule has 0 bridgehead atoms. The molecule has 0 spiro atoms. The van der Waals surface area contributed by atoms with Crippen LogP contribution in [0.1, 0.15) is 6.92 Å². The summed E-state index contributed by atoms with van der Waals surface area (Å²) in [5.74, 6) is 2.50. The van der Waals surface area contributed by atoms with E-state index in [1.807, 2.05) is 11.8 Å². The molecule has 0 atom stereocenters. The summed E-state index contributed by atoms with van der Waals surface area (Å²) in [6.07, 6.45) is 0. The Morgan fingerprint density at radius 2 is 2.30 bits per heavy atom. The summed E-state index contributed by atoms with van der Waals surface area (Å²) in [6.45, 7) is 5.66. The van der Waals surface area contributed by atoms with Crippen molar-refractivity contribution in [2.45, 2.75) is 13.0 Å². The van der Waals surface area contributed by atoms with Gasteiger partial charge in [-0.05, 0) is 5.75 Å². The van der Waals surface area contributed by atoms with Gasteiger partial charge in [-0.1, -0.05) is 6.92 Å². The monoisotopic (exact) mass is 160 g/mol. The number of hydrogen-bond acceptors (Lipinski definition) is 3. The molecule has 1 heterocycles. The predicted molar refractivity (Wildman–Crippen MR) is 47.4 cm³/mol. The summed E-state index contributed by atoms with van der Waals surface area (Å²) in [6, 6.07) is 0.464. The van der Waals surface area contributed by atoms with Crippen LogP contribution in [0.4, 0.5) is 0 Å². The van der Waals surface area contributed by atoms with Crippen LogP contribution in [-0.2, 0) is 0 Å². The third-order valence-electron chi connectivity index (χ3n) is 1.74. The zero-order chi connectivity index (χ0) is 7.40. The number of nitrogens with two attached hydrogens (primary N) is 1. The molecule has 10 heavy (non-hydrogen) atoms. The number of hydrogen-bond donors (Lipinski definition) is 1. The average molecular weight is 160 g/mol. The Bertz CT molecular complexity index is 91.6. The van der Waals surface area contributed by atoms with Crippen molar-refractivity contribution in [1.82, 2.24) is 4.90 Å². The van der Waals surface area contributed by atoms with Crippen LogP contribution in [0, 0.1) is 0 Å². The second-order valence-corrected chi connectivity index (χ2v) is 4.11. The third-order valence-corrected chi connectivity index (χ3v) is 2.62. The first-order valence-electron chi connectivity index (χ1n) is 3.88. The minimum Gasteiger partial charge on any atom is -0.325 e. The zero-order valence-corrected chi connectivity index (χ0v) is 7.36. The second-order valence-electron chi connectivity index (χ2n) is 2.72. The van der Waals surface area contributed by atoms with E-state index in [9.17, 15) is 0 Å². The van der Waals surface area contributed by atoms with Gasteiger partial charge >= 0.3 is 0 Å². The molecule has 0 saturated carbocycles. The Morgan fingerprint density at radius 3 is 2.80 bits per heavy atom. The van der Waals surface area contributed by atoms with Crippen molar-refractivity contribution < 1.29 is 0 Å². The SMILES string of the molecule is CCSCCN1CC(N)C1. The number of nitrogens with zero attached hydrogens (tertiary/aromatic N) is 1. The maximum Gasteiger partial charge on any atom is 0.0297 e. The first kappa shape index (κ1) is 8.37. The lowest BCUT2D eigenvalue weighted by molar-refractivity contribution is 0.161. The van der Waals surface area contributed by atoms with E-state index in [0.29, 0.717) is 6.04 Å². The van der Waals surface area contributed by atoms with Gasteiger partial charge in [0.25, 0.3) is 0 Å². The van der Waals surface area contributed by atoms with Gasteiger partial charge in [0, 0.05) is 31.4 Å². The van der Waals surface area contributed by atoms with Gasteiger partial charge in [0.05, 0.1) is 0 Å². The first-order valence-corrected chi connectivity index (χ1v) is 5.04. The molecule has 1 aliphatic heterocycles. The van der Waals surface area contributed by atoms with Crippen LogP contribution in [0.3, 0.4) is 0 Å². The Kier molecular flexibility index (Phi) is 3.52. The molecule has 0 aromatic heterocycles. The van der Waals surface area contributed by atoms with Gasteiger partial charge in [-0.25, -0.2) is 0 Å². The van der Waals surface area contributed by atoms with Gasteiger partial charge < -0.3 is 5.73 Å². The van der Waals surface area contributed by atoms with E-state index in [-0.39, 0.29) is 0 Å². The van der Waals surface area contributed by atoms with Gasteiger partial charge in [0.1, 0.15) is 0 Å². The predicted octanol–water partition coefficient (Wildman–Crippen LogP) is 0.382. The van der Waals surface area contributed by atoms with Gasteiger partial charge in [-0.3, -0.25) is 4.90 Å². The smallest absolute Gasteiger partial charge is 0.0297 e. The van der Waals surface area contributed by atoms with Gasteiger partial charge in [0.2, 0.25) is 0 Å². The number of thioether (sulfide) groups is 1. The Balaban J connectivity index is 1.86. The molecule has 2 N–H and O–H groups in total. The zero-order valence-electron chi connectivity index (χ0n) is 6.55. The van der Waals surface area contributed by atoms with E-state index in [2.05, 4.69) is 11.8 Å². The molecular formula is C7H16N2S. The molecule has 1 saturated heterocycles. The normalized spacial score (nSPS) is 21.0. The van der Waals surface area contributed by atoms with Gasteiger partial charge in [-0.15, -0.1) is 0 Å². The van der Waals surface area contributed by atoms with E-state index < -0.39 is 0 Å². The summed E-state index contributed by atoms with van der Waals surface area (Å²) in [5.41, 5.74) is 5.62. The summed E-state index contributed by atoms with van der Waals surface area (Å²) >= 11 is 2.00. The molecule has 0 radical (unpaired) electrons. The fourth-order valence-corrected chi connectivity index (χ4v) is 1.81. The van der Waals surface area contributed by atoms with Crippen molar-refractivity contribution in [1.29, 1.82) is 0 Å². The molecule has 3 heteroatoms. The lowest BCUT2D eigenvalue weighted by Gasteiger charge is -2.36. The van der Waals surface area contributed by atoms with Crippen molar-refractivity contribution in [2.24, 2.45) is 5.73 Å². The molecule has 0 unspecified atom stereocenters. The lowest BCUT2D eigenvalue weighted by atomic mass is 10.1. The van der Waals surface area contributed by atoms with Crippen molar-refractivity contribution in [3.63, 3.8) is 0 Å². The first-order chi connectivity index (χ1) is 4.83. The summed E-state index contributed by atoms with van der Waals surface area (Å²) in [4.78, 5) is 2.41. The molecule has 1 rings (SSSR count). The highest BCUT2D eigenvalue weighted by atomic mass is 32.2. The highest BCUT2D eigenvalue weighted by molar-refractivity contribution is 7.99. The van der Waals surface area contributed by atoms with E-state index in [1.165, 1.54) is 18.1 Å². The molecule has 0 aromatic carbocycles. The highest BCUT2D eigenvalue weighted by Crippen LogP contribution is 2.07. The number of likely N-dealkylation sites (tertiary alicyclic amines) is 1. The molecule has 0 amide bonds. The van der Waals surface area contributed by atoms with Crippen molar-refractivity contribution in [2.75, 3.05) is 31.1 Å². The number of rotatable bonds is 4. The second kappa shape index (κ2) is 4.21. The molecule has 1 aliphatic rings. The Morgan fingerprint density at radius 1 is 1.60 bits per heavy atom. The quantitative estimate of drug-likeness (QED) is 0.603. The lowest BCUT2D eigenvalue weighted by Crippen LogP contribution is -2.56. The van der Waals surface area contributed by atoms with Crippen LogP contribution < -0.4 is 5.73 Å². The standard InChI is InChI=1S/C7H16N2S/c1-2-10-4-3-9-5-7(8)6-9/h7H,2-6,8H2,1H3. The summed E-state index contributed by atoms with van der Waals surface area (Å²) < 4.78 is 0. The molecule has 0 aromatic rings. The maximum absolute atomic E-state index is 5.62. The van der Waals surface area contributed by atoms with Crippen LogP contribution in [0.2, 0.25) is 0 Å². The van der Waals surface area contributed by atoms with Crippen LogP contribution in [-0.4, -0.2) is 42.1 Å². The van der Waals surface area contributed by atoms with Crippen LogP contribution >= 0.6 is 11.8 Å². The molecular weight excluding hydrogens is 144 g/mol. The Labute approximate surface area is 67.1 Å². The van der Waals surface area contributed by atoms with Gasteiger partial charge in [0.15, 0.2) is 0 Å².